The quantitative estimate of drug-likeness (QED) is 0.539. The summed E-state index contributed by atoms with van der Waals surface area (Å²) in [4.78, 5) is 0. The van der Waals surface area contributed by atoms with Crippen LogP contribution in [0.15, 0.2) is 0 Å². The van der Waals surface area contributed by atoms with Crippen molar-refractivity contribution in [3.8, 4) is 0 Å². The van der Waals surface area contributed by atoms with Gasteiger partial charge in [0.25, 0.3) is 0 Å². The molecule has 1 aliphatic rings. The molecule has 1 saturated heterocycles. The summed E-state index contributed by atoms with van der Waals surface area (Å²) >= 11 is 7.45. The van der Waals surface area contributed by atoms with E-state index >= 15 is 0 Å². The van der Waals surface area contributed by atoms with Crippen molar-refractivity contribution < 1.29 is 0 Å². The summed E-state index contributed by atoms with van der Waals surface area (Å²) in [5, 5.41) is 3.87. The number of rotatable bonds is 1. The van der Waals surface area contributed by atoms with Crippen molar-refractivity contribution in [2.24, 2.45) is 0 Å². The van der Waals surface area contributed by atoms with Crippen LogP contribution in [0.5, 0.6) is 0 Å². The number of thioether (sulfide) groups is 1. The van der Waals surface area contributed by atoms with E-state index in [4.69, 9.17) is 11.6 Å². The molecule has 1 rings (SSSR count). The molecule has 1 aliphatic heterocycles. The summed E-state index contributed by atoms with van der Waals surface area (Å²) in [6, 6.07) is 0. The van der Waals surface area contributed by atoms with Crippen molar-refractivity contribution in [2.75, 3.05) is 18.3 Å². The average Bonchev–Trinajstić information content (AvgIpc) is 2.14. The molecular weight excluding hydrogens is 130 g/mol. The first kappa shape index (κ1) is 5.73. The van der Waals surface area contributed by atoms with Gasteiger partial charge in [-0.25, -0.2) is 0 Å². The van der Waals surface area contributed by atoms with Crippen LogP contribution in [0.25, 0.3) is 0 Å². The van der Waals surface area contributed by atoms with Gasteiger partial charge in [0.1, 0.15) is 0 Å². The van der Waals surface area contributed by atoms with Gasteiger partial charge in [0, 0.05) is 23.6 Å². The zero-order valence-electron chi connectivity index (χ0n) is 3.98. The van der Waals surface area contributed by atoms with Crippen LogP contribution in [0.1, 0.15) is 0 Å². The standard InChI is InChI=1S/C4H8ClNS/c5-1-4-2-6-3-7-4/h4,6H,1-3H2. The lowest BCUT2D eigenvalue weighted by atomic mass is 10.5. The Balaban J connectivity index is 2.14. The Morgan fingerprint density at radius 3 is 3.00 bits per heavy atom. The highest BCUT2D eigenvalue weighted by Gasteiger charge is 2.11. The zero-order valence-corrected chi connectivity index (χ0v) is 5.56. The van der Waals surface area contributed by atoms with Gasteiger partial charge in [0.15, 0.2) is 0 Å². The minimum Gasteiger partial charge on any atom is -0.307 e. The van der Waals surface area contributed by atoms with Crippen molar-refractivity contribution in [3.05, 3.63) is 0 Å². The maximum atomic E-state index is 5.55. The maximum Gasteiger partial charge on any atom is 0.0421 e. The molecule has 0 aliphatic carbocycles. The summed E-state index contributed by atoms with van der Waals surface area (Å²) < 4.78 is 0. The smallest absolute Gasteiger partial charge is 0.0421 e. The molecule has 7 heavy (non-hydrogen) atoms. The highest BCUT2D eigenvalue weighted by molar-refractivity contribution is 8.00. The van der Waals surface area contributed by atoms with Gasteiger partial charge in [0.2, 0.25) is 0 Å². The third-order valence-electron chi connectivity index (χ3n) is 0.965. The van der Waals surface area contributed by atoms with E-state index < -0.39 is 0 Å². The number of halogens is 1. The van der Waals surface area contributed by atoms with Crippen LogP contribution < -0.4 is 5.32 Å². The lowest BCUT2D eigenvalue weighted by Crippen LogP contribution is -2.13. The van der Waals surface area contributed by atoms with Gasteiger partial charge in [0.05, 0.1) is 0 Å². The Hall–Kier alpha value is 0.600. The second-order valence-corrected chi connectivity index (χ2v) is 3.14. The van der Waals surface area contributed by atoms with Crippen LogP contribution in [-0.2, 0) is 0 Å². The van der Waals surface area contributed by atoms with Gasteiger partial charge in [-0.15, -0.1) is 23.4 Å². The molecule has 0 aromatic rings. The summed E-state index contributed by atoms with van der Waals surface area (Å²) in [6.07, 6.45) is 0. The SMILES string of the molecule is ClCC1CNCS1. The third-order valence-corrected chi connectivity index (χ3v) is 2.70. The van der Waals surface area contributed by atoms with Crippen molar-refractivity contribution in [1.82, 2.24) is 5.32 Å². The molecule has 0 radical (unpaired) electrons. The molecule has 1 unspecified atom stereocenters. The van der Waals surface area contributed by atoms with E-state index in [0.717, 1.165) is 18.3 Å². The zero-order chi connectivity index (χ0) is 5.11. The van der Waals surface area contributed by atoms with Crippen LogP contribution in [0, 0.1) is 0 Å². The number of nitrogens with one attached hydrogen (secondary N) is 1. The van der Waals surface area contributed by atoms with Gasteiger partial charge in [-0.1, -0.05) is 0 Å². The molecule has 0 amide bonds. The number of hydrogen-bond donors (Lipinski definition) is 1. The number of alkyl halides is 1. The molecule has 0 saturated carbocycles. The third kappa shape index (κ3) is 1.52. The first-order valence-corrected chi connectivity index (χ1v) is 3.90. The summed E-state index contributed by atoms with van der Waals surface area (Å²) in [7, 11) is 0. The van der Waals surface area contributed by atoms with Crippen LogP contribution >= 0.6 is 23.4 Å². The van der Waals surface area contributed by atoms with Crippen LogP contribution in [0.4, 0.5) is 0 Å². The van der Waals surface area contributed by atoms with Gasteiger partial charge in [-0.3, -0.25) is 0 Å². The second-order valence-electron chi connectivity index (χ2n) is 1.54. The Kier molecular flexibility index (Phi) is 2.29. The Labute approximate surface area is 52.8 Å². The lowest BCUT2D eigenvalue weighted by molar-refractivity contribution is 0.816. The highest BCUT2D eigenvalue weighted by atomic mass is 35.5. The van der Waals surface area contributed by atoms with Crippen molar-refractivity contribution >= 4 is 23.4 Å². The van der Waals surface area contributed by atoms with E-state index in [2.05, 4.69) is 5.32 Å². The molecule has 1 heterocycles. The molecule has 1 atom stereocenters. The van der Waals surface area contributed by atoms with E-state index in [1.54, 1.807) is 0 Å². The molecule has 0 bridgehead atoms. The number of hydrogen-bond acceptors (Lipinski definition) is 2. The molecular formula is C4H8ClNS. The molecule has 42 valence electrons. The van der Waals surface area contributed by atoms with Crippen molar-refractivity contribution in [1.29, 1.82) is 0 Å². The fraction of sp³-hybridized carbons (Fsp3) is 1.00. The Morgan fingerprint density at radius 2 is 2.71 bits per heavy atom. The fourth-order valence-electron chi connectivity index (χ4n) is 0.555. The summed E-state index contributed by atoms with van der Waals surface area (Å²) in [5.41, 5.74) is 0. The monoisotopic (exact) mass is 137 g/mol. The van der Waals surface area contributed by atoms with E-state index in [0.29, 0.717) is 5.25 Å². The minimum atomic E-state index is 0.668. The molecule has 1 N–H and O–H groups in total. The molecule has 1 fully saturated rings. The largest absolute Gasteiger partial charge is 0.307 e. The van der Waals surface area contributed by atoms with Gasteiger partial charge >= 0.3 is 0 Å². The normalized spacial score (nSPS) is 31.3. The molecule has 0 aromatic carbocycles. The highest BCUT2D eigenvalue weighted by Crippen LogP contribution is 2.14. The van der Waals surface area contributed by atoms with Gasteiger partial charge in [-0.05, 0) is 0 Å². The van der Waals surface area contributed by atoms with Gasteiger partial charge < -0.3 is 5.32 Å². The predicted molar refractivity (Wildman–Crippen MR) is 35.0 cm³/mol. The predicted octanol–water partition coefficient (Wildman–Crippen LogP) is 0.888. The maximum absolute atomic E-state index is 5.55. The Morgan fingerprint density at radius 1 is 1.86 bits per heavy atom. The molecule has 0 spiro atoms. The molecule has 1 nitrogen and oxygen atoms in total. The fourth-order valence-corrected chi connectivity index (χ4v) is 1.73. The first-order valence-electron chi connectivity index (χ1n) is 2.32. The second kappa shape index (κ2) is 2.80. The molecule has 3 heteroatoms. The van der Waals surface area contributed by atoms with Crippen LogP contribution in [0.3, 0.4) is 0 Å². The van der Waals surface area contributed by atoms with E-state index in [9.17, 15) is 0 Å². The van der Waals surface area contributed by atoms with Crippen molar-refractivity contribution in [2.45, 2.75) is 5.25 Å². The lowest BCUT2D eigenvalue weighted by Gasteiger charge is -1.96. The van der Waals surface area contributed by atoms with E-state index in [1.165, 1.54) is 0 Å². The van der Waals surface area contributed by atoms with Gasteiger partial charge in [-0.2, -0.15) is 0 Å². The summed E-state index contributed by atoms with van der Waals surface area (Å²) in [5.74, 6) is 1.87. The minimum absolute atomic E-state index is 0.668. The first-order chi connectivity index (χ1) is 3.43. The Bertz CT molecular complexity index is 53.7. The topological polar surface area (TPSA) is 12.0 Å². The summed E-state index contributed by atoms with van der Waals surface area (Å²) in [6.45, 7) is 1.09. The van der Waals surface area contributed by atoms with E-state index in [-0.39, 0.29) is 0 Å². The molecule has 0 aromatic heterocycles. The van der Waals surface area contributed by atoms with Crippen LogP contribution in [0.2, 0.25) is 0 Å². The average molecular weight is 138 g/mol. The van der Waals surface area contributed by atoms with Crippen molar-refractivity contribution in [3.63, 3.8) is 0 Å². The van der Waals surface area contributed by atoms with E-state index in [1.807, 2.05) is 11.8 Å². The van der Waals surface area contributed by atoms with Crippen LogP contribution in [-0.4, -0.2) is 23.6 Å².